The molecule has 0 aromatic heterocycles. The molecule has 0 aliphatic carbocycles. The first kappa shape index (κ1) is 6.87. The molecule has 0 aromatic carbocycles. The maximum atomic E-state index is 4.41. The average Bonchev–Trinajstić information content (AvgIpc) is 1.60. The molecule has 0 spiro atoms. The predicted molar refractivity (Wildman–Crippen MR) is 43.9 cm³/mol. The van der Waals surface area contributed by atoms with Gasteiger partial charge in [-0.2, -0.15) is 0 Å². The largest absolute Gasteiger partial charge is 0.273 e. The SMILES string of the molecule is CC1=NC(C)(C)C=CS1. The van der Waals surface area contributed by atoms with E-state index in [9.17, 15) is 0 Å². The summed E-state index contributed by atoms with van der Waals surface area (Å²) in [5, 5.41) is 3.25. The van der Waals surface area contributed by atoms with Crippen LogP contribution in [0.25, 0.3) is 0 Å². The zero-order valence-corrected chi connectivity index (χ0v) is 6.83. The second kappa shape index (κ2) is 2.18. The van der Waals surface area contributed by atoms with Crippen LogP contribution in [0, 0.1) is 0 Å². The molecule has 0 saturated carbocycles. The summed E-state index contributed by atoms with van der Waals surface area (Å²) in [5.41, 5.74) is 0.0370. The maximum Gasteiger partial charge on any atom is 0.0749 e. The Morgan fingerprint density at radius 3 is 2.56 bits per heavy atom. The van der Waals surface area contributed by atoms with Crippen molar-refractivity contribution < 1.29 is 0 Å². The van der Waals surface area contributed by atoms with Crippen molar-refractivity contribution >= 4 is 16.8 Å². The minimum atomic E-state index is 0.0370. The molecular formula is C7H11NS. The zero-order valence-electron chi connectivity index (χ0n) is 6.01. The van der Waals surface area contributed by atoms with E-state index < -0.39 is 0 Å². The van der Waals surface area contributed by atoms with Crippen LogP contribution in [0.5, 0.6) is 0 Å². The van der Waals surface area contributed by atoms with Gasteiger partial charge in [-0.15, -0.1) is 0 Å². The van der Waals surface area contributed by atoms with Crippen LogP contribution in [0.15, 0.2) is 16.5 Å². The van der Waals surface area contributed by atoms with E-state index in [-0.39, 0.29) is 5.54 Å². The molecule has 1 rings (SSSR count). The minimum absolute atomic E-state index is 0.0370. The fourth-order valence-corrected chi connectivity index (χ4v) is 1.65. The summed E-state index contributed by atoms with van der Waals surface area (Å²) in [6.07, 6.45) is 2.12. The van der Waals surface area contributed by atoms with Gasteiger partial charge >= 0.3 is 0 Å². The number of thioether (sulfide) groups is 1. The lowest BCUT2D eigenvalue weighted by Crippen LogP contribution is -2.15. The molecule has 0 aromatic rings. The molecule has 9 heavy (non-hydrogen) atoms. The van der Waals surface area contributed by atoms with Gasteiger partial charge in [-0.05, 0) is 26.2 Å². The van der Waals surface area contributed by atoms with E-state index in [1.165, 1.54) is 0 Å². The van der Waals surface area contributed by atoms with Crippen LogP contribution in [0.2, 0.25) is 0 Å². The third kappa shape index (κ3) is 1.86. The van der Waals surface area contributed by atoms with E-state index in [4.69, 9.17) is 0 Å². The van der Waals surface area contributed by atoms with Gasteiger partial charge in [0, 0.05) is 0 Å². The van der Waals surface area contributed by atoms with Gasteiger partial charge in [0.25, 0.3) is 0 Å². The quantitative estimate of drug-likeness (QED) is 0.504. The first-order chi connectivity index (χ1) is 4.10. The zero-order chi connectivity index (χ0) is 6.91. The van der Waals surface area contributed by atoms with Crippen LogP contribution in [0.1, 0.15) is 20.8 Å². The standard InChI is InChI=1S/C7H11NS/c1-6-8-7(2,3)4-5-9-6/h4-5H,1-3H3. The topological polar surface area (TPSA) is 12.4 Å². The van der Waals surface area contributed by atoms with E-state index in [0.29, 0.717) is 0 Å². The van der Waals surface area contributed by atoms with Crippen molar-refractivity contribution in [2.24, 2.45) is 4.99 Å². The van der Waals surface area contributed by atoms with Gasteiger partial charge < -0.3 is 0 Å². The predicted octanol–water partition coefficient (Wildman–Crippen LogP) is 2.44. The third-order valence-electron chi connectivity index (χ3n) is 1.16. The van der Waals surface area contributed by atoms with Crippen LogP contribution >= 0.6 is 11.8 Å². The molecular weight excluding hydrogens is 130 g/mol. The Kier molecular flexibility index (Phi) is 1.66. The molecule has 0 fully saturated rings. The molecule has 2 heteroatoms. The summed E-state index contributed by atoms with van der Waals surface area (Å²) in [7, 11) is 0. The molecule has 1 aliphatic rings. The number of hydrogen-bond donors (Lipinski definition) is 0. The molecule has 0 saturated heterocycles. The first-order valence-electron chi connectivity index (χ1n) is 3.01. The highest BCUT2D eigenvalue weighted by Crippen LogP contribution is 2.22. The van der Waals surface area contributed by atoms with Gasteiger partial charge in [-0.1, -0.05) is 17.8 Å². The molecule has 1 aliphatic heterocycles. The maximum absolute atomic E-state index is 4.41. The van der Waals surface area contributed by atoms with Crippen molar-refractivity contribution in [3.8, 4) is 0 Å². The average molecular weight is 141 g/mol. The van der Waals surface area contributed by atoms with Crippen molar-refractivity contribution in [3.05, 3.63) is 11.5 Å². The Labute approximate surface area is 60.3 Å². The highest BCUT2D eigenvalue weighted by molar-refractivity contribution is 8.16. The molecule has 1 nitrogen and oxygen atoms in total. The molecule has 0 atom stereocenters. The van der Waals surface area contributed by atoms with Crippen molar-refractivity contribution in [2.45, 2.75) is 26.3 Å². The molecule has 0 bridgehead atoms. The normalized spacial score (nSPS) is 23.7. The van der Waals surface area contributed by atoms with Crippen molar-refractivity contribution in [3.63, 3.8) is 0 Å². The van der Waals surface area contributed by atoms with Crippen LogP contribution < -0.4 is 0 Å². The van der Waals surface area contributed by atoms with E-state index in [1.54, 1.807) is 11.8 Å². The lowest BCUT2D eigenvalue weighted by Gasteiger charge is -2.18. The smallest absolute Gasteiger partial charge is 0.0749 e. The van der Waals surface area contributed by atoms with Crippen LogP contribution in [0.4, 0.5) is 0 Å². The van der Waals surface area contributed by atoms with E-state index >= 15 is 0 Å². The van der Waals surface area contributed by atoms with E-state index in [1.807, 2.05) is 6.92 Å². The van der Waals surface area contributed by atoms with Gasteiger partial charge in [0.15, 0.2) is 0 Å². The Morgan fingerprint density at radius 1 is 1.56 bits per heavy atom. The summed E-state index contributed by atoms with van der Waals surface area (Å²) >= 11 is 1.69. The number of hydrogen-bond acceptors (Lipinski definition) is 2. The van der Waals surface area contributed by atoms with Crippen LogP contribution in [-0.2, 0) is 0 Å². The Balaban J connectivity index is 2.78. The Hall–Kier alpha value is -0.240. The van der Waals surface area contributed by atoms with Crippen molar-refractivity contribution in [1.82, 2.24) is 0 Å². The number of rotatable bonds is 0. The molecule has 1 heterocycles. The first-order valence-corrected chi connectivity index (χ1v) is 3.89. The minimum Gasteiger partial charge on any atom is -0.273 e. The fourth-order valence-electron chi connectivity index (χ4n) is 0.768. The van der Waals surface area contributed by atoms with Crippen molar-refractivity contribution in [1.29, 1.82) is 0 Å². The highest BCUT2D eigenvalue weighted by Gasteiger charge is 2.14. The number of aliphatic imine (C=N–C) groups is 1. The third-order valence-corrected chi connectivity index (χ3v) is 1.86. The second-order valence-electron chi connectivity index (χ2n) is 2.71. The summed E-state index contributed by atoms with van der Waals surface area (Å²) in [6.45, 7) is 6.25. The van der Waals surface area contributed by atoms with E-state index in [2.05, 4.69) is 30.3 Å². The van der Waals surface area contributed by atoms with Gasteiger partial charge in [0.2, 0.25) is 0 Å². The Bertz CT molecular complexity index is 168. The van der Waals surface area contributed by atoms with E-state index in [0.717, 1.165) is 5.04 Å². The second-order valence-corrected chi connectivity index (χ2v) is 3.80. The highest BCUT2D eigenvalue weighted by atomic mass is 32.2. The lowest BCUT2D eigenvalue weighted by molar-refractivity contribution is 0.659. The molecule has 0 amide bonds. The molecule has 0 N–H and O–H groups in total. The summed E-state index contributed by atoms with van der Waals surface area (Å²) in [4.78, 5) is 4.41. The van der Waals surface area contributed by atoms with Crippen LogP contribution in [0.3, 0.4) is 0 Å². The summed E-state index contributed by atoms with van der Waals surface area (Å²) in [5.74, 6) is 0. The van der Waals surface area contributed by atoms with Gasteiger partial charge in [0.1, 0.15) is 0 Å². The van der Waals surface area contributed by atoms with Crippen LogP contribution in [-0.4, -0.2) is 10.6 Å². The fraction of sp³-hybridized carbons (Fsp3) is 0.571. The van der Waals surface area contributed by atoms with Crippen molar-refractivity contribution in [2.75, 3.05) is 0 Å². The van der Waals surface area contributed by atoms with Gasteiger partial charge in [0.05, 0.1) is 10.6 Å². The lowest BCUT2D eigenvalue weighted by atomic mass is 10.1. The molecule has 0 unspecified atom stereocenters. The molecule has 0 radical (unpaired) electrons. The summed E-state index contributed by atoms with van der Waals surface area (Å²) in [6, 6.07) is 0. The van der Waals surface area contributed by atoms with Gasteiger partial charge in [-0.25, -0.2) is 0 Å². The molecule has 50 valence electrons. The Morgan fingerprint density at radius 2 is 2.22 bits per heavy atom. The van der Waals surface area contributed by atoms with Gasteiger partial charge in [-0.3, -0.25) is 4.99 Å². The monoisotopic (exact) mass is 141 g/mol. The summed E-state index contributed by atoms with van der Waals surface area (Å²) < 4.78 is 0. The number of nitrogens with zero attached hydrogens (tertiary/aromatic N) is 1.